The summed E-state index contributed by atoms with van der Waals surface area (Å²) in [5.74, 6) is 0.654. The van der Waals surface area contributed by atoms with Gasteiger partial charge in [0, 0.05) is 6.20 Å². The predicted octanol–water partition coefficient (Wildman–Crippen LogP) is 1.67. The Morgan fingerprint density at radius 2 is 2.20 bits per heavy atom. The summed E-state index contributed by atoms with van der Waals surface area (Å²) in [7, 11) is 0. The van der Waals surface area contributed by atoms with Crippen LogP contribution in [0.1, 0.15) is 17.7 Å². The molecule has 0 radical (unpaired) electrons. The molecule has 0 saturated carbocycles. The monoisotopic (exact) mass is 335 g/mol. The van der Waals surface area contributed by atoms with E-state index >= 15 is 0 Å². The number of nitrogens with zero attached hydrogens (tertiary/aromatic N) is 4. The van der Waals surface area contributed by atoms with Gasteiger partial charge in [-0.25, -0.2) is 4.68 Å². The summed E-state index contributed by atoms with van der Waals surface area (Å²) in [6, 6.07) is 11.5. The fourth-order valence-corrected chi connectivity index (χ4v) is 2.80. The minimum Gasteiger partial charge on any atom is -0.480 e. The SMILES string of the molecule is O=C(NCc1cn(-c2cccnc2)nn1)C1CCc2ccccc2O1. The largest absolute Gasteiger partial charge is 0.480 e. The van der Waals surface area contributed by atoms with Crippen LogP contribution in [0.5, 0.6) is 5.75 Å². The number of pyridine rings is 1. The smallest absolute Gasteiger partial charge is 0.261 e. The second kappa shape index (κ2) is 6.72. The lowest BCUT2D eigenvalue weighted by molar-refractivity contribution is -0.128. The molecule has 1 unspecified atom stereocenters. The summed E-state index contributed by atoms with van der Waals surface area (Å²) < 4.78 is 7.42. The minimum absolute atomic E-state index is 0.134. The van der Waals surface area contributed by atoms with Crippen LogP contribution in [0.15, 0.2) is 55.0 Å². The maximum absolute atomic E-state index is 12.4. The van der Waals surface area contributed by atoms with Gasteiger partial charge in [0.15, 0.2) is 6.10 Å². The van der Waals surface area contributed by atoms with Crippen molar-refractivity contribution in [2.45, 2.75) is 25.5 Å². The first-order valence-electron chi connectivity index (χ1n) is 8.13. The topological polar surface area (TPSA) is 81.9 Å². The van der Waals surface area contributed by atoms with E-state index < -0.39 is 6.10 Å². The van der Waals surface area contributed by atoms with Gasteiger partial charge in [-0.05, 0) is 36.6 Å². The zero-order valence-corrected chi connectivity index (χ0v) is 13.5. The Labute approximate surface area is 144 Å². The number of amides is 1. The number of para-hydroxylation sites is 1. The highest BCUT2D eigenvalue weighted by atomic mass is 16.5. The summed E-state index contributed by atoms with van der Waals surface area (Å²) in [6.07, 6.45) is 6.21. The van der Waals surface area contributed by atoms with Crippen LogP contribution < -0.4 is 10.1 Å². The van der Waals surface area contributed by atoms with E-state index in [-0.39, 0.29) is 5.91 Å². The van der Waals surface area contributed by atoms with Gasteiger partial charge in [-0.1, -0.05) is 23.4 Å². The summed E-state index contributed by atoms with van der Waals surface area (Å²) in [4.78, 5) is 16.4. The van der Waals surface area contributed by atoms with Crippen LogP contribution in [0.3, 0.4) is 0 Å². The van der Waals surface area contributed by atoms with Crippen LogP contribution in [-0.4, -0.2) is 32.0 Å². The van der Waals surface area contributed by atoms with Crippen molar-refractivity contribution in [1.29, 1.82) is 0 Å². The molecule has 0 spiro atoms. The molecule has 126 valence electrons. The van der Waals surface area contributed by atoms with Gasteiger partial charge in [0.1, 0.15) is 11.4 Å². The molecule has 1 aliphatic rings. The molecule has 4 rings (SSSR count). The number of rotatable bonds is 4. The third kappa shape index (κ3) is 3.35. The first-order chi connectivity index (χ1) is 12.3. The van der Waals surface area contributed by atoms with Crippen molar-refractivity contribution in [2.24, 2.45) is 0 Å². The highest BCUT2D eigenvalue weighted by molar-refractivity contribution is 5.81. The van der Waals surface area contributed by atoms with Crippen LogP contribution in [0.25, 0.3) is 5.69 Å². The fraction of sp³-hybridized carbons (Fsp3) is 0.222. The molecule has 1 atom stereocenters. The first kappa shape index (κ1) is 15.3. The van der Waals surface area contributed by atoms with Gasteiger partial charge < -0.3 is 10.1 Å². The highest BCUT2D eigenvalue weighted by Gasteiger charge is 2.25. The van der Waals surface area contributed by atoms with E-state index in [1.165, 1.54) is 0 Å². The molecule has 3 heterocycles. The van der Waals surface area contributed by atoms with Crippen molar-refractivity contribution >= 4 is 5.91 Å². The number of aryl methyl sites for hydroxylation is 1. The van der Waals surface area contributed by atoms with E-state index in [1.807, 2.05) is 36.4 Å². The number of aromatic nitrogens is 4. The van der Waals surface area contributed by atoms with Crippen LogP contribution >= 0.6 is 0 Å². The zero-order chi connectivity index (χ0) is 17.1. The maximum atomic E-state index is 12.4. The van der Waals surface area contributed by atoms with Crippen LogP contribution in [-0.2, 0) is 17.8 Å². The Kier molecular flexibility index (Phi) is 4.12. The molecule has 7 nitrogen and oxygen atoms in total. The van der Waals surface area contributed by atoms with E-state index in [9.17, 15) is 4.79 Å². The van der Waals surface area contributed by atoms with Crippen LogP contribution in [0, 0.1) is 0 Å². The molecule has 7 heteroatoms. The summed E-state index contributed by atoms with van der Waals surface area (Å²) in [6.45, 7) is 0.306. The van der Waals surface area contributed by atoms with E-state index in [4.69, 9.17) is 4.74 Å². The van der Waals surface area contributed by atoms with E-state index in [0.29, 0.717) is 18.7 Å². The van der Waals surface area contributed by atoms with Crippen LogP contribution in [0.4, 0.5) is 0 Å². The summed E-state index contributed by atoms with van der Waals surface area (Å²) in [5, 5.41) is 11.0. The normalized spacial score (nSPS) is 15.9. The molecule has 1 aliphatic heterocycles. The quantitative estimate of drug-likeness (QED) is 0.784. The molecular formula is C18H17N5O2. The molecular weight excluding hydrogens is 318 g/mol. The number of carbonyl (C=O) groups is 1. The minimum atomic E-state index is -0.469. The maximum Gasteiger partial charge on any atom is 0.261 e. The lowest BCUT2D eigenvalue weighted by atomic mass is 10.0. The van der Waals surface area contributed by atoms with Gasteiger partial charge >= 0.3 is 0 Å². The number of nitrogens with one attached hydrogen (secondary N) is 1. The van der Waals surface area contributed by atoms with E-state index in [0.717, 1.165) is 23.4 Å². The van der Waals surface area contributed by atoms with Crippen molar-refractivity contribution in [3.05, 3.63) is 66.2 Å². The van der Waals surface area contributed by atoms with Gasteiger partial charge in [-0.2, -0.15) is 0 Å². The Morgan fingerprint density at radius 3 is 3.08 bits per heavy atom. The fourth-order valence-electron chi connectivity index (χ4n) is 2.80. The summed E-state index contributed by atoms with van der Waals surface area (Å²) >= 11 is 0. The van der Waals surface area contributed by atoms with Crippen LogP contribution in [0.2, 0.25) is 0 Å². The average Bonchev–Trinajstić information content (AvgIpc) is 3.15. The molecule has 1 N–H and O–H groups in total. The first-order valence-corrected chi connectivity index (χ1v) is 8.13. The van der Waals surface area contributed by atoms with E-state index in [1.54, 1.807) is 23.3 Å². The molecule has 0 bridgehead atoms. The molecule has 2 aromatic heterocycles. The van der Waals surface area contributed by atoms with Gasteiger partial charge in [0.2, 0.25) is 0 Å². The van der Waals surface area contributed by atoms with Crippen molar-refractivity contribution in [3.8, 4) is 11.4 Å². The zero-order valence-electron chi connectivity index (χ0n) is 13.5. The number of hydrogen-bond acceptors (Lipinski definition) is 5. The second-order valence-electron chi connectivity index (χ2n) is 5.84. The third-order valence-electron chi connectivity index (χ3n) is 4.11. The Morgan fingerprint density at radius 1 is 1.28 bits per heavy atom. The van der Waals surface area contributed by atoms with Gasteiger partial charge in [0.05, 0.1) is 24.6 Å². The number of hydrogen-bond donors (Lipinski definition) is 1. The summed E-state index contributed by atoms with van der Waals surface area (Å²) in [5.41, 5.74) is 2.64. The Bertz CT molecular complexity index is 878. The molecule has 3 aromatic rings. The number of carbonyl (C=O) groups excluding carboxylic acids is 1. The average molecular weight is 335 g/mol. The molecule has 1 aromatic carbocycles. The third-order valence-corrected chi connectivity index (χ3v) is 4.11. The van der Waals surface area contributed by atoms with Crippen molar-refractivity contribution in [3.63, 3.8) is 0 Å². The van der Waals surface area contributed by atoms with Crippen molar-refractivity contribution in [2.75, 3.05) is 0 Å². The van der Waals surface area contributed by atoms with Crippen molar-refractivity contribution < 1.29 is 9.53 Å². The molecule has 0 fully saturated rings. The predicted molar refractivity (Wildman–Crippen MR) is 90.2 cm³/mol. The number of fused-ring (bicyclic) bond motifs is 1. The lowest BCUT2D eigenvalue weighted by Crippen LogP contribution is -2.40. The number of benzene rings is 1. The lowest BCUT2D eigenvalue weighted by Gasteiger charge is -2.25. The van der Waals surface area contributed by atoms with E-state index in [2.05, 4.69) is 20.6 Å². The molecule has 1 amide bonds. The Hall–Kier alpha value is -3.22. The molecule has 0 saturated heterocycles. The highest BCUT2D eigenvalue weighted by Crippen LogP contribution is 2.27. The van der Waals surface area contributed by atoms with Crippen molar-refractivity contribution in [1.82, 2.24) is 25.3 Å². The Balaban J connectivity index is 1.36. The second-order valence-corrected chi connectivity index (χ2v) is 5.84. The molecule has 25 heavy (non-hydrogen) atoms. The standard InChI is InChI=1S/C18H17N5O2/c24-18(17-8-7-13-4-1-2-6-16(13)25-17)20-10-14-12-23(22-21-14)15-5-3-9-19-11-15/h1-6,9,11-12,17H,7-8,10H2,(H,20,24). The van der Waals surface area contributed by atoms with Gasteiger partial charge in [0.25, 0.3) is 5.91 Å². The van der Waals surface area contributed by atoms with Gasteiger partial charge in [-0.15, -0.1) is 5.10 Å². The van der Waals surface area contributed by atoms with Gasteiger partial charge in [-0.3, -0.25) is 9.78 Å². The number of ether oxygens (including phenoxy) is 1. The molecule has 0 aliphatic carbocycles.